The van der Waals surface area contributed by atoms with Gasteiger partial charge in [0.05, 0.1) is 12.0 Å². The van der Waals surface area contributed by atoms with Gasteiger partial charge in [0.1, 0.15) is 12.4 Å². The number of aromatic amines is 1. The summed E-state index contributed by atoms with van der Waals surface area (Å²) in [6.07, 6.45) is 42.7. The van der Waals surface area contributed by atoms with Gasteiger partial charge >= 0.3 is 0 Å². The molecular formula is C36H71N2+. The maximum atomic E-state index is 3.72. The largest absolute Gasteiger partial charge is 0.257 e. The van der Waals surface area contributed by atoms with Gasteiger partial charge in [0.2, 0.25) is 0 Å². The fourth-order valence-electron chi connectivity index (χ4n) is 6.25. The average molecular weight is 532 g/mol. The summed E-state index contributed by atoms with van der Waals surface area (Å²) < 4.78 is 2.62. The van der Waals surface area contributed by atoms with E-state index in [1.54, 1.807) is 0 Å². The number of rotatable bonds is 29. The van der Waals surface area contributed by atoms with Crippen molar-refractivity contribution in [1.82, 2.24) is 4.98 Å². The molecule has 0 saturated heterocycles. The molecule has 38 heavy (non-hydrogen) atoms. The van der Waals surface area contributed by atoms with Crippen molar-refractivity contribution in [2.75, 3.05) is 0 Å². The Labute approximate surface area is 240 Å². The molecule has 1 N–H and O–H groups in total. The summed E-state index contributed by atoms with van der Waals surface area (Å²) >= 11 is 0. The molecule has 2 nitrogen and oxygen atoms in total. The lowest BCUT2D eigenvalue weighted by atomic mass is 9.93. The van der Waals surface area contributed by atoms with Crippen LogP contribution >= 0.6 is 0 Å². The third-order valence-electron chi connectivity index (χ3n) is 8.89. The predicted octanol–water partition coefficient (Wildman–Crippen LogP) is 12.5. The SMILES string of the molecule is CCCCCCCCCCCCCCC(C)[n+]1cc[nH]c1C(CCCCCCCC)CCCCCCCC. The van der Waals surface area contributed by atoms with E-state index in [0.29, 0.717) is 12.0 Å². The van der Waals surface area contributed by atoms with Gasteiger partial charge in [-0.25, -0.2) is 9.55 Å². The van der Waals surface area contributed by atoms with Crippen molar-refractivity contribution in [2.45, 2.75) is 213 Å². The number of imidazole rings is 1. The van der Waals surface area contributed by atoms with Crippen LogP contribution in [0.25, 0.3) is 0 Å². The van der Waals surface area contributed by atoms with E-state index < -0.39 is 0 Å². The molecule has 2 heteroatoms. The first kappa shape index (κ1) is 35.2. The van der Waals surface area contributed by atoms with Gasteiger partial charge in [-0.15, -0.1) is 0 Å². The van der Waals surface area contributed by atoms with Gasteiger partial charge in [-0.2, -0.15) is 0 Å². The number of H-pyrrole nitrogens is 1. The van der Waals surface area contributed by atoms with Crippen molar-refractivity contribution in [3.63, 3.8) is 0 Å². The number of unbranched alkanes of at least 4 members (excludes halogenated alkanes) is 21. The number of aromatic nitrogens is 2. The zero-order chi connectivity index (χ0) is 27.5. The lowest BCUT2D eigenvalue weighted by Crippen LogP contribution is -2.41. The summed E-state index contributed by atoms with van der Waals surface area (Å²) in [6, 6.07) is 0.621. The highest BCUT2D eigenvalue weighted by atomic mass is 15.1. The van der Waals surface area contributed by atoms with Gasteiger partial charge in [-0.05, 0) is 32.6 Å². The molecule has 1 heterocycles. The predicted molar refractivity (Wildman–Crippen MR) is 170 cm³/mol. The van der Waals surface area contributed by atoms with Crippen molar-refractivity contribution < 1.29 is 4.57 Å². The van der Waals surface area contributed by atoms with Gasteiger partial charge in [-0.1, -0.05) is 168 Å². The van der Waals surface area contributed by atoms with Crippen LogP contribution in [0, 0.1) is 0 Å². The van der Waals surface area contributed by atoms with Crippen molar-refractivity contribution in [2.24, 2.45) is 0 Å². The molecule has 0 fully saturated rings. The van der Waals surface area contributed by atoms with E-state index in [2.05, 4.69) is 49.6 Å². The molecule has 0 spiro atoms. The Bertz CT molecular complexity index is 576. The van der Waals surface area contributed by atoms with E-state index in [1.807, 2.05) is 0 Å². The fourth-order valence-corrected chi connectivity index (χ4v) is 6.25. The number of hydrogen-bond acceptors (Lipinski definition) is 0. The molecule has 0 bridgehead atoms. The van der Waals surface area contributed by atoms with E-state index in [-0.39, 0.29) is 0 Å². The second kappa shape index (κ2) is 26.4. The molecule has 1 rings (SSSR count). The monoisotopic (exact) mass is 532 g/mol. The molecule has 0 aliphatic heterocycles. The highest BCUT2D eigenvalue weighted by Gasteiger charge is 2.25. The normalized spacial score (nSPS) is 12.6. The Morgan fingerprint density at radius 3 is 1.24 bits per heavy atom. The average Bonchev–Trinajstić information content (AvgIpc) is 3.42. The quantitative estimate of drug-likeness (QED) is 0.0783. The first-order valence-electron chi connectivity index (χ1n) is 17.8. The van der Waals surface area contributed by atoms with E-state index in [0.717, 1.165) is 0 Å². The molecule has 0 radical (unpaired) electrons. The van der Waals surface area contributed by atoms with Gasteiger partial charge in [0.15, 0.2) is 0 Å². The van der Waals surface area contributed by atoms with Crippen LogP contribution in [0.3, 0.4) is 0 Å². The number of nitrogens with zero attached hydrogens (tertiary/aromatic N) is 1. The van der Waals surface area contributed by atoms with Crippen LogP contribution < -0.4 is 4.57 Å². The Morgan fingerprint density at radius 1 is 0.500 bits per heavy atom. The molecule has 1 atom stereocenters. The van der Waals surface area contributed by atoms with Crippen LogP contribution in [-0.2, 0) is 0 Å². The summed E-state index contributed by atoms with van der Waals surface area (Å²) in [6.45, 7) is 9.41. The summed E-state index contributed by atoms with van der Waals surface area (Å²) in [4.78, 5) is 3.72. The lowest BCUT2D eigenvalue weighted by molar-refractivity contribution is -0.727. The Morgan fingerprint density at radius 2 is 0.842 bits per heavy atom. The second-order valence-corrected chi connectivity index (χ2v) is 12.6. The molecule has 0 aromatic carbocycles. The van der Waals surface area contributed by atoms with Crippen LogP contribution in [0.4, 0.5) is 0 Å². The number of nitrogens with one attached hydrogen (secondary N) is 1. The Kier molecular flexibility index (Phi) is 24.5. The molecule has 1 aromatic rings. The minimum atomic E-state index is 0.621. The van der Waals surface area contributed by atoms with Gasteiger partial charge < -0.3 is 0 Å². The molecule has 1 aromatic heterocycles. The first-order chi connectivity index (χ1) is 18.7. The van der Waals surface area contributed by atoms with Crippen molar-refractivity contribution in [1.29, 1.82) is 0 Å². The molecule has 0 aliphatic rings. The van der Waals surface area contributed by atoms with Crippen molar-refractivity contribution >= 4 is 0 Å². The minimum absolute atomic E-state index is 0.621. The van der Waals surface area contributed by atoms with Crippen LogP contribution in [0.1, 0.15) is 219 Å². The van der Waals surface area contributed by atoms with Crippen LogP contribution in [-0.4, -0.2) is 4.98 Å². The summed E-state index contributed by atoms with van der Waals surface area (Å²) in [5.74, 6) is 2.24. The summed E-state index contributed by atoms with van der Waals surface area (Å²) in [7, 11) is 0. The van der Waals surface area contributed by atoms with Crippen LogP contribution in [0.15, 0.2) is 12.4 Å². The maximum Gasteiger partial charge on any atom is 0.257 e. The minimum Gasteiger partial charge on any atom is -0.247 e. The highest BCUT2D eigenvalue weighted by molar-refractivity contribution is 4.90. The van der Waals surface area contributed by atoms with Crippen LogP contribution in [0.2, 0.25) is 0 Å². The second-order valence-electron chi connectivity index (χ2n) is 12.6. The smallest absolute Gasteiger partial charge is 0.247 e. The zero-order valence-electron chi connectivity index (χ0n) is 26.8. The molecule has 224 valence electrons. The van der Waals surface area contributed by atoms with Gasteiger partial charge in [0, 0.05) is 0 Å². The Balaban J connectivity index is 2.37. The summed E-state index contributed by atoms with van der Waals surface area (Å²) in [5.41, 5.74) is 0. The number of hydrogen-bond donors (Lipinski definition) is 1. The van der Waals surface area contributed by atoms with E-state index >= 15 is 0 Å². The van der Waals surface area contributed by atoms with Gasteiger partial charge in [-0.3, -0.25) is 0 Å². The fraction of sp³-hybridized carbons (Fsp3) is 0.917. The van der Waals surface area contributed by atoms with E-state index in [1.165, 1.54) is 179 Å². The third-order valence-corrected chi connectivity index (χ3v) is 8.89. The third kappa shape index (κ3) is 18.5. The molecule has 1 unspecified atom stereocenters. The molecule has 0 amide bonds. The first-order valence-corrected chi connectivity index (χ1v) is 17.8. The Hall–Kier alpha value is -0.790. The van der Waals surface area contributed by atoms with Crippen LogP contribution in [0.5, 0.6) is 0 Å². The summed E-state index contributed by atoms with van der Waals surface area (Å²) in [5, 5.41) is 0. The molecule has 0 saturated carbocycles. The lowest BCUT2D eigenvalue weighted by Gasteiger charge is -2.17. The van der Waals surface area contributed by atoms with Crippen molar-refractivity contribution in [3.05, 3.63) is 18.2 Å². The highest BCUT2D eigenvalue weighted by Crippen LogP contribution is 2.27. The topological polar surface area (TPSA) is 19.7 Å². The van der Waals surface area contributed by atoms with Crippen molar-refractivity contribution in [3.8, 4) is 0 Å². The molecular weight excluding hydrogens is 460 g/mol. The van der Waals surface area contributed by atoms with E-state index in [9.17, 15) is 0 Å². The molecule has 0 aliphatic carbocycles. The standard InChI is InChI=1S/C36H70N2/c1-5-8-11-14-17-18-19-20-21-22-23-26-29-34(4)38-33-32-37-36(38)35(30-27-24-15-12-9-6-2)31-28-25-16-13-10-7-3/h32-35H,5-31H2,1-4H3/p+1. The van der Waals surface area contributed by atoms with E-state index in [4.69, 9.17) is 0 Å². The maximum absolute atomic E-state index is 3.72. The zero-order valence-corrected chi connectivity index (χ0v) is 26.8. The van der Waals surface area contributed by atoms with Gasteiger partial charge in [0.25, 0.3) is 5.82 Å².